The number of carbonyl (C=O) groups is 2. The number of hydrogen-bond donors (Lipinski definition) is 2. The highest BCUT2D eigenvalue weighted by Crippen LogP contribution is 2.27. The molecule has 0 spiro atoms. The Hall–Kier alpha value is -2.18. The lowest BCUT2D eigenvalue weighted by Crippen LogP contribution is -2.34. The predicted octanol–water partition coefficient (Wildman–Crippen LogP) is 1.53. The highest BCUT2D eigenvalue weighted by atomic mass is 16.6. The molecule has 0 bridgehead atoms. The number of para-hydroxylation sites is 2. The molecule has 1 atom stereocenters. The third-order valence-electron chi connectivity index (χ3n) is 2.88. The van der Waals surface area contributed by atoms with Crippen molar-refractivity contribution in [2.24, 2.45) is 11.5 Å². The first-order valence-corrected chi connectivity index (χ1v) is 7.09. The Morgan fingerprint density at radius 2 is 1.77 bits per heavy atom. The van der Waals surface area contributed by atoms with E-state index in [0.717, 1.165) is 12.8 Å². The summed E-state index contributed by atoms with van der Waals surface area (Å²) in [5, 5.41) is 0. The van der Waals surface area contributed by atoms with Gasteiger partial charge in [0.2, 0.25) is 0 Å². The Morgan fingerprint density at radius 1 is 1.18 bits per heavy atom. The maximum absolute atomic E-state index is 11.9. The van der Waals surface area contributed by atoms with Gasteiger partial charge in [-0.3, -0.25) is 0 Å². The minimum atomic E-state index is -0.739. The van der Waals surface area contributed by atoms with Gasteiger partial charge >= 0.3 is 11.9 Å². The highest BCUT2D eigenvalue weighted by molar-refractivity contribution is 5.89. The molecule has 1 aromatic carbocycles. The highest BCUT2D eigenvalue weighted by Gasteiger charge is 2.18. The molecule has 0 radical (unpaired) electrons. The van der Waals surface area contributed by atoms with Gasteiger partial charge < -0.3 is 20.9 Å². The molecule has 0 aromatic heterocycles. The Labute approximate surface area is 130 Å². The monoisotopic (exact) mass is 306 g/mol. The van der Waals surface area contributed by atoms with Crippen LogP contribution in [0.4, 0.5) is 0 Å². The molecule has 6 heteroatoms. The number of esters is 2. The van der Waals surface area contributed by atoms with Crippen molar-refractivity contribution in [3.05, 3.63) is 36.4 Å². The maximum atomic E-state index is 11.9. The number of unbranched alkanes of at least 4 members (excludes halogenated alkanes) is 1. The molecule has 1 rings (SSSR count). The van der Waals surface area contributed by atoms with Gasteiger partial charge in [-0.25, -0.2) is 9.59 Å². The van der Waals surface area contributed by atoms with Gasteiger partial charge in [-0.2, -0.15) is 0 Å². The molecule has 1 aromatic rings. The van der Waals surface area contributed by atoms with Gasteiger partial charge in [0.05, 0.1) is 0 Å². The second kappa shape index (κ2) is 8.96. The summed E-state index contributed by atoms with van der Waals surface area (Å²) in [4.78, 5) is 23.5. The van der Waals surface area contributed by atoms with E-state index in [0.29, 0.717) is 13.0 Å². The molecule has 120 valence electrons. The molecule has 22 heavy (non-hydrogen) atoms. The summed E-state index contributed by atoms with van der Waals surface area (Å²) < 4.78 is 10.3. The molecule has 0 aliphatic rings. The summed E-state index contributed by atoms with van der Waals surface area (Å²) in [6.07, 6.45) is 2.04. The standard InChI is InChI=1S/C16H22N2O4/c1-11(2)15(19)21-13-8-3-4-9-14(13)22-16(20)12(18)7-5-6-10-17/h3-4,8-9,12H,1,5-7,10,17-18H2,2H3/t12-/m0/s1. The lowest BCUT2D eigenvalue weighted by molar-refractivity contribution is -0.137. The van der Waals surface area contributed by atoms with Crippen molar-refractivity contribution in [2.75, 3.05) is 6.54 Å². The van der Waals surface area contributed by atoms with Crippen molar-refractivity contribution in [2.45, 2.75) is 32.2 Å². The van der Waals surface area contributed by atoms with E-state index in [9.17, 15) is 9.59 Å². The van der Waals surface area contributed by atoms with E-state index in [2.05, 4.69) is 6.58 Å². The normalized spacial score (nSPS) is 11.6. The van der Waals surface area contributed by atoms with Crippen molar-refractivity contribution >= 4 is 11.9 Å². The first-order chi connectivity index (χ1) is 10.5. The molecule has 0 saturated heterocycles. The van der Waals surface area contributed by atoms with Crippen LogP contribution >= 0.6 is 0 Å². The van der Waals surface area contributed by atoms with Crippen LogP contribution in [0.15, 0.2) is 36.4 Å². The van der Waals surface area contributed by atoms with Crippen LogP contribution in [-0.2, 0) is 9.59 Å². The minimum absolute atomic E-state index is 0.149. The fraction of sp³-hybridized carbons (Fsp3) is 0.375. The Kier molecular flexibility index (Phi) is 7.28. The van der Waals surface area contributed by atoms with Crippen molar-refractivity contribution in [1.82, 2.24) is 0 Å². The number of benzene rings is 1. The Morgan fingerprint density at radius 3 is 2.32 bits per heavy atom. The second-order valence-electron chi connectivity index (χ2n) is 4.93. The third-order valence-corrected chi connectivity index (χ3v) is 2.88. The van der Waals surface area contributed by atoms with Gasteiger partial charge in [0.25, 0.3) is 0 Å². The average Bonchev–Trinajstić information content (AvgIpc) is 2.49. The van der Waals surface area contributed by atoms with Gasteiger partial charge in [-0.15, -0.1) is 0 Å². The smallest absolute Gasteiger partial charge is 0.338 e. The minimum Gasteiger partial charge on any atom is -0.421 e. The van der Waals surface area contributed by atoms with Crippen molar-refractivity contribution in [3.63, 3.8) is 0 Å². The number of hydrogen-bond acceptors (Lipinski definition) is 6. The van der Waals surface area contributed by atoms with Crippen LogP contribution < -0.4 is 20.9 Å². The van der Waals surface area contributed by atoms with E-state index in [1.165, 1.54) is 19.1 Å². The van der Waals surface area contributed by atoms with E-state index >= 15 is 0 Å². The maximum Gasteiger partial charge on any atom is 0.338 e. The average molecular weight is 306 g/mol. The summed E-state index contributed by atoms with van der Waals surface area (Å²) >= 11 is 0. The van der Waals surface area contributed by atoms with E-state index < -0.39 is 18.0 Å². The van der Waals surface area contributed by atoms with Crippen LogP contribution in [0.1, 0.15) is 26.2 Å². The fourth-order valence-corrected chi connectivity index (χ4v) is 1.62. The fourth-order valence-electron chi connectivity index (χ4n) is 1.62. The molecular weight excluding hydrogens is 284 g/mol. The number of carbonyl (C=O) groups excluding carboxylic acids is 2. The largest absolute Gasteiger partial charge is 0.421 e. The summed E-state index contributed by atoms with van der Waals surface area (Å²) in [5.74, 6) is -0.860. The zero-order chi connectivity index (χ0) is 16.5. The molecule has 0 heterocycles. The molecule has 0 saturated carbocycles. The van der Waals surface area contributed by atoms with Crippen LogP contribution in [0, 0.1) is 0 Å². The van der Waals surface area contributed by atoms with E-state index in [4.69, 9.17) is 20.9 Å². The number of nitrogens with two attached hydrogens (primary N) is 2. The molecule has 0 fully saturated rings. The van der Waals surface area contributed by atoms with Crippen molar-refractivity contribution in [3.8, 4) is 11.5 Å². The van der Waals surface area contributed by atoms with Gasteiger partial charge in [-0.1, -0.05) is 25.1 Å². The lowest BCUT2D eigenvalue weighted by Gasteiger charge is -2.13. The predicted molar refractivity (Wildman–Crippen MR) is 83.4 cm³/mol. The molecule has 6 nitrogen and oxygen atoms in total. The van der Waals surface area contributed by atoms with E-state index in [1.54, 1.807) is 12.1 Å². The van der Waals surface area contributed by atoms with Gasteiger partial charge in [0.1, 0.15) is 6.04 Å². The second-order valence-corrected chi connectivity index (χ2v) is 4.93. The first-order valence-electron chi connectivity index (χ1n) is 7.09. The molecule has 0 aliphatic heterocycles. The first kappa shape index (κ1) is 17.9. The van der Waals surface area contributed by atoms with Gasteiger partial charge in [0, 0.05) is 5.57 Å². The quantitative estimate of drug-likeness (QED) is 0.326. The third kappa shape index (κ3) is 5.67. The molecule has 0 amide bonds. The Bertz CT molecular complexity index is 543. The van der Waals surface area contributed by atoms with Crippen LogP contribution in [-0.4, -0.2) is 24.5 Å². The van der Waals surface area contributed by atoms with Gasteiger partial charge in [-0.05, 0) is 38.4 Å². The number of rotatable bonds is 8. The zero-order valence-corrected chi connectivity index (χ0v) is 12.7. The summed E-state index contributed by atoms with van der Waals surface area (Å²) in [6, 6.07) is 5.66. The summed E-state index contributed by atoms with van der Waals surface area (Å²) in [6.45, 7) is 5.59. The molecule has 0 unspecified atom stereocenters. The lowest BCUT2D eigenvalue weighted by atomic mass is 10.1. The topological polar surface area (TPSA) is 105 Å². The van der Waals surface area contributed by atoms with Crippen LogP contribution in [0.5, 0.6) is 11.5 Å². The van der Waals surface area contributed by atoms with Crippen molar-refractivity contribution < 1.29 is 19.1 Å². The van der Waals surface area contributed by atoms with E-state index in [-0.39, 0.29) is 17.1 Å². The molecular formula is C16H22N2O4. The molecule has 0 aliphatic carbocycles. The van der Waals surface area contributed by atoms with Crippen molar-refractivity contribution in [1.29, 1.82) is 0 Å². The number of ether oxygens (including phenoxy) is 2. The van der Waals surface area contributed by atoms with Crippen LogP contribution in [0.2, 0.25) is 0 Å². The van der Waals surface area contributed by atoms with Crippen LogP contribution in [0.25, 0.3) is 0 Å². The van der Waals surface area contributed by atoms with E-state index in [1.807, 2.05) is 0 Å². The zero-order valence-electron chi connectivity index (χ0n) is 12.7. The summed E-state index contributed by atoms with van der Waals surface area (Å²) in [5.41, 5.74) is 11.4. The van der Waals surface area contributed by atoms with Crippen LogP contribution in [0.3, 0.4) is 0 Å². The SMILES string of the molecule is C=C(C)C(=O)Oc1ccccc1OC(=O)[C@@H](N)CCCCN. The summed E-state index contributed by atoms with van der Waals surface area (Å²) in [7, 11) is 0. The van der Waals surface area contributed by atoms with Gasteiger partial charge in [0.15, 0.2) is 11.5 Å². The molecule has 4 N–H and O–H groups in total. The Balaban J connectivity index is 2.70.